The molecule has 0 aromatic carbocycles. The highest BCUT2D eigenvalue weighted by atomic mass is 19.4. The normalized spacial score (nSPS) is 21.1. The van der Waals surface area contributed by atoms with Gasteiger partial charge in [0.2, 0.25) is 0 Å². The minimum Gasteiger partial charge on any atom is -0.481 e. The predicted octanol–water partition coefficient (Wildman–Crippen LogP) is 1.77. The summed E-state index contributed by atoms with van der Waals surface area (Å²) in [4.78, 5) is 10.3. The third-order valence-electron chi connectivity index (χ3n) is 2.67. The molecule has 88 valence electrons. The third-order valence-corrected chi connectivity index (χ3v) is 2.67. The lowest BCUT2D eigenvalue weighted by molar-refractivity contribution is -0.185. The van der Waals surface area contributed by atoms with Crippen LogP contribution in [0, 0.1) is 11.8 Å². The van der Waals surface area contributed by atoms with Crippen molar-refractivity contribution >= 4 is 5.97 Å². The van der Waals surface area contributed by atoms with Gasteiger partial charge in [-0.3, -0.25) is 4.79 Å². The van der Waals surface area contributed by atoms with Crippen LogP contribution in [0.2, 0.25) is 0 Å². The van der Waals surface area contributed by atoms with E-state index in [9.17, 15) is 18.0 Å². The Labute approximate surface area is 85.4 Å². The molecular formula is C9H14F3NO2. The summed E-state index contributed by atoms with van der Waals surface area (Å²) in [7, 11) is 0. The summed E-state index contributed by atoms with van der Waals surface area (Å²) in [6.07, 6.45) is -3.91. The van der Waals surface area contributed by atoms with Gasteiger partial charge in [-0.1, -0.05) is 0 Å². The van der Waals surface area contributed by atoms with Gasteiger partial charge in [0.05, 0.1) is 12.3 Å². The van der Waals surface area contributed by atoms with Crippen molar-refractivity contribution in [3.63, 3.8) is 0 Å². The molecule has 15 heavy (non-hydrogen) atoms. The lowest BCUT2D eigenvalue weighted by Gasteiger charge is -2.21. The topological polar surface area (TPSA) is 63.3 Å². The first-order chi connectivity index (χ1) is 6.80. The van der Waals surface area contributed by atoms with Crippen molar-refractivity contribution in [1.82, 2.24) is 0 Å². The second kappa shape index (κ2) is 4.38. The van der Waals surface area contributed by atoms with Crippen LogP contribution in [0.4, 0.5) is 13.2 Å². The molecular weight excluding hydrogens is 211 g/mol. The largest absolute Gasteiger partial charge is 0.481 e. The van der Waals surface area contributed by atoms with E-state index in [1.807, 2.05) is 0 Å². The molecule has 0 radical (unpaired) electrons. The number of hydrogen-bond donors (Lipinski definition) is 2. The highest BCUT2D eigenvalue weighted by Crippen LogP contribution is 2.38. The Kier molecular flexibility index (Phi) is 3.59. The van der Waals surface area contributed by atoms with Gasteiger partial charge in [-0.2, -0.15) is 13.2 Å². The van der Waals surface area contributed by atoms with E-state index >= 15 is 0 Å². The van der Waals surface area contributed by atoms with Crippen LogP contribution in [0.1, 0.15) is 25.7 Å². The predicted molar refractivity (Wildman–Crippen MR) is 47.1 cm³/mol. The fourth-order valence-corrected chi connectivity index (χ4v) is 1.59. The maximum Gasteiger partial charge on any atom is 0.392 e. The molecule has 0 bridgehead atoms. The number of carboxylic acid groups (broad SMARTS) is 1. The number of halogens is 3. The van der Waals surface area contributed by atoms with Crippen LogP contribution in [-0.2, 0) is 4.79 Å². The van der Waals surface area contributed by atoms with E-state index in [-0.39, 0.29) is 12.3 Å². The van der Waals surface area contributed by atoms with Crippen molar-refractivity contribution in [2.75, 3.05) is 0 Å². The van der Waals surface area contributed by atoms with E-state index in [1.165, 1.54) is 0 Å². The molecule has 2 atom stereocenters. The molecule has 0 heterocycles. The first-order valence-electron chi connectivity index (χ1n) is 4.84. The zero-order valence-corrected chi connectivity index (χ0v) is 8.13. The molecule has 3 N–H and O–H groups in total. The molecule has 0 amide bonds. The van der Waals surface area contributed by atoms with Gasteiger partial charge in [0.15, 0.2) is 0 Å². The monoisotopic (exact) mass is 225 g/mol. The molecule has 1 rings (SSSR count). The molecule has 1 saturated carbocycles. The molecule has 0 unspecified atom stereocenters. The summed E-state index contributed by atoms with van der Waals surface area (Å²) in [6.45, 7) is 0. The second-order valence-electron chi connectivity index (χ2n) is 4.07. The Hall–Kier alpha value is -0.780. The minimum atomic E-state index is -4.47. The summed E-state index contributed by atoms with van der Waals surface area (Å²) in [6, 6.07) is -0.518. The minimum absolute atomic E-state index is 0.156. The highest BCUT2D eigenvalue weighted by molar-refractivity contribution is 5.67. The van der Waals surface area contributed by atoms with E-state index in [0.29, 0.717) is 0 Å². The Morgan fingerprint density at radius 3 is 2.33 bits per heavy atom. The standard InChI is InChI=1S/C9H14F3NO2/c10-9(11,12)6(4-8(14)15)3-7(13)5-1-2-5/h5-7H,1-4,13H2,(H,14,15)/t6-,7+/m1/s1. The van der Waals surface area contributed by atoms with Crippen LogP contribution in [0.25, 0.3) is 0 Å². The van der Waals surface area contributed by atoms with Crippen LogP contribution >= 0.6 is 0 Å². The third kappa shape index (κ3) is 4.07. The highest BCUT2D eigenvalue weighted by Gasteiger charge is 2.43. The van der Waals surface area contributed by atoms with Crippen LogP contribution in [0.15, 0.2) is 0 Å². The van der Waals surface area contributed by atoms with Crippen molar-refractivity contribution < 1.29 is 23.1 Å². The zero-order chi connectivity index (χ0) is 11.6. The Morgan fingerprint density at radius 1 is 1.47 bits per heavy atom. The molecule has 1 fully saturated rings. The lowest BCUT2D eigenvalue weighted by Crippen LogP contribution is -2.34. The number of carbonyl (C=O) groups is 1. The van der Waals surface area contributed by atoms with Crippen molar-refractivity contribution in [2.45, 2.75) is 37.9 Å². The van der Waals surface area contributed by atoms with Crippen molar-refractivity contribution in [3.05, 3.63) is 0 Å². The number of nitrogens with two attached hydrogens (primary N) is 1. The first kappa shape index (κ1) is 12.3. The van der Waals surface area contributed by atoms with Crippen LogP contribution < -0.4 is 5.73 Å². The molecule has 0 saturated heterocycles. The summed E-state index contributed by atoms with van der Waals surface area (Å²) in [5, 5.41) is 8.37. The number of hydrogen-bond acceptors (Lipinski definition) is 2. The zero-order valence-electron chi connectivity index (χ0n) is 8.13. The average molecular weight is 225 g/mol. The van der Waals surface area contributed by atoms with Crippen molar-refractivity contribution in [1.29, 1.82) is 0 Å². The quantitative estimate of drug-likeness (QED) is 0.749. The van der Waals surface area contributed by atoms with Gasteiger partial charge in [0.1, 0.15) is 0 Å². The SMILES string of the molecule is N[C@@H](C[C@H](CC(=O)O)C(F)(F)F)C1CC1. The maximum absolute atomic E-state index is 12.4. The summed E-state index contributed by atoms with van der Waals surface area (Å²) < 4.78 is 37.2. The average Bonchev–Trinajstić information content (AvgIpc) is 2.81. The summed E-state index contributed by atoms with van der Waals surface area (Å²) in [5.74, 6) is -3.09. The smallest absolute Gasteiger partial charge is 0.392 e. The van der Waals surface area contributed by atoms with Gasteiger partial charge in [-0.15, -0.1) is 0 Å². The van der Waals surface area contributed by atoms with E-state index in [2.05, 4.69) is 0 Å². The lowest BCUT2D eigenvalue weighted by atomic mass is 9.94. The van der Waals surface area contributed by atoms with E-state index in [4.69, 9.17) is 10.8 Å². The van der Waals surface area contributed by atoms with Crippen LogP contribution in [-0.4, -0.2) is 23.3 Å². The molecule has 1 aliphatic carbocycles. The second-order valence-corrected chi connectivity index (χ2v) is 4.07. The first-order valence-corrected chi connectivity index (χ1v) is 4.84. The molecule has 3 nitrogen and oxygen atoms in total. The van der Waals surface area contributed by atoms with E-state index < -0.39 is 30.5 Å². The van der Waals surface area contributed by atoms with E-state index in [1.54, 1.807) is 0 Å². The van der Waals surface area contributed by atoms with Gasteiger partial charge in [-0.05, 0) is 25.2 Å². The molecule has 0 aliphatic heterocycles. The van der Waals surface area contributed by atoms with Crippen molar-refractivity contribution in [3.8, 4) is 0 Å². The number of carboxylic acids is 1. The van der Waals surface area contributed by atoms with Gasteiger partial charge in [0.25, 0.3) is 0 Å². The fraction of sp³-hybridized carbons (Fsp3) is 0.889. The number of rotatable bonds is 5. The Balaban J connectivity index is 2.51. The molecule has 6 heteroatoms. The fourth-order valence-electron chi connectivity index (χ4n) is 1.59. The maximum atomic E-state index is 12.4. The van der Waals surface area contributed by atoms with Gasteiger partial charge in [-0.25, -0.2) is 0 Å². The van der Waals surface area contributed by atoms with Crippen LogP contribution in [0.5, 0.6) is 0 Å². The van der Waals surface area contributed by atoms with Gasteiger partial charge < -0.3 is 10.8 Å². The van der Waals surface area contributed by atoms with Crippen LogP contribution in [0.3, 0.4) is 0 Å². The van der Waals surface area contributed by atoms with E-state index in [0.717, 1.165) is 12.8 Å². The number of alkyl halides is 3. The molecule has 0 spiro atoms. The molecule has 0 aromatic rings. The van der Waals surface area contributed by atoms with Gasteiger partial charge in [0, 0.05) is 6.04 Å². The molecule has 0 aromatic heterocycles. The summed E-state index contributed by atoms with van der Waals surface area (Å²) in [5.41, 5.74) is 5.56. The Morgan fingerprint density at radius 2 is 2.00 bits per heavy atom. The summed E-state index contributed by atoms with van der Waals surface area (Å²) >= 11 is 0. The van der Waals surface area contributed by atoms with Crippen molar-refractivity contribution in [2.24, 2.45) is 17.6 Å². The molecule has 1 aliphatic rings. The van der Waals surface area contributed by atoms with Gasteiger partial charge >= 0.3 is 12.1 Å². The number of aliphatic carboxylic acids is 1. The Bertz CT molecular complexity index is 238.